The van der Waals surface area contributed by atoms with Crippen molar-refractivity contribution in [1.29, 1.82) is 0 Å². The normalized spacial score (nSPS) is 10.7. The summed E-state index contributed by atoms with van der Waals surface area (Å²) < 4.78 is 11.7. The molecule has 2 aromatic heterocycles. The summed E-state index contributed by atoms with van der Waals surface area (Å²) in [6, 6.07) is 18.2. The number of nitrogens with zero attached hydrogens (tertiary/aromatic N) is 2. The van der Waals surface area contributed by atoms with Gasteiger partial charge >= 0.3 is 35.5 Å². The Morgan fingerprint density at radius 2 is 1.61 bits per heavy atom. The Morgan fingerprint density at radius 3 is 2.26 bits per heavy atom. The molecule has 0 unspecified atom stereocenters. The molecule has 0 aliphatic heterocycles. The Hall–Kier alpha value is -2.71. The molecule has 1 N–H and O–H groups in total. The molecular formula is C30H33N2NaO4S. The van der Waals surface area contributed by atoms with Crippen LogP contribution >= 0.6 is 11.3 Å². The van der Waals surface area contributed by atoms with Gasteiger partial charge in [0.15, 0.2) is 0 Å². The van der Waals surface area contributed by atoms with Gasteiger partial charge in [0.1, 0.15) is 29.7 Å². The van der Waals surface area contributed by atoms with Crippen LogP contribution in [0, 0.1) is 0 Å². The van der Waals surface area contributed by atoms with E-state index >= 15 is 0 Å². The maximum absolute atomic E-state index is 11.1. The zero-order valence-electron chi connectivity index (χ0n) is 21.2. The summed E-state index contributed by atoms with van der Waals surface area (Å²) in [4.78, 5) is 19.6. The summed E-state index contributed by atoms with van der Waals surface area (Å²) in [5.41, 5.74) is 4.47. The van der Waals surface area contributed by atoms with Crippen LogP contribution in [-0.4, -0.2) is 50.6 Å². The predicted molar refractivity (Wildman–Crippen MR) is 154 cm³/mol. The molecule has 0 radical (unpaired) electrons. The van der Waals surface area contributed by atoms with E-state index in [0.717, 1.165) is 27.6 Å². The van der Waals surface area contributed by atoms with E-state index in [1.165, 1.54) is 61.0 Å². The minimum atomic E-state index is -1.04. The quantitative estimate of drug-likeness (QED) is 0.182. The number of ether oxygens (including phenoxy) is 2. The third-order valence-corrected chi connectivity index (χ3v) is 6.98. The zero-order chi connectivity index (χ0) is 26.0. The SMILES string of the molecule is CCCC(CCC)c1ccc(OCc2ccc(-c3csc(COc4cncc(C(=O)O)c4)n3)cc2)cc1.[NaH]. The molecule has 0 spiro atoms. The number of pyridine rings is 1. The summed E-state index contributed by atoms with van der Waals surface area (Å²) in [6.45, 7) is 5.25. The van der Waals surface area contributed by atoms with E-state index in [1.807, 2.05) is 17.5 Å². The molecule has 0 fully saturated rings. The van der Waals surface area contributed by atoms with Crippen molar-refractivity contribution in [3.05, 3.63) is 94.1 Å². The summed E-state index contributed by atoms with van der Waals surface area (Å²) in [7, 11) is 0. The molecule has 2 heterocycles. The number of aromatic carboxylic acids is 1. The fourth-order valence-electron chi connectivity index (χ4n) is 4.22. The van der Waals surface area contributed by atoms with Gasteiger partial charge in [-0.1, -0.05) is 63.1 Å². The van der Waals surface area contributed by atoms with Gasteiger partial charge in [-0.2, -0.15) is 0 Å². The molecule has 6 nitrogen and oxygen atoms in total. The number of carboxylic acid groups (broad SMARTS) is 1. The Bertz CT molecular complexity index is 1290. The molecule has 0 aliphatic carbocycles. The number of hydrogen-bond donors (Lipinski definition) is 1. The van der Waals surface area contributed by atoms with Crippen LogP contribution in [0.5, 0.6) is 11.5 Å². The summed E-state index contributed by atoms with van der Waals surface area (Å²) in [6.07, 6.45) is 7.65. The topological polar surface area (TPSA) is 81.5 Å². The second-order valence-electron chi connectivity index (χ2n) is 8.96. The summed E-state index contributed by atoms with van der Waals surface area (Å²) >= 11 is 1.50. The fourth-order valence-corrected chi connectivity index (χ4v) is 4.93. The van der Waals surface area contributed by atoms with E-state index in [1.54, 1.807) is 0 Å². The maximum atomic E-state index is 11.1. The molecule has 38 heavy (non-hydrogen) atoms. The number of rotatable bonds is 13. The zero-order valence-corrected chi connectivity index (χ0v) is 22.0. The van der Waals surface area contributed by atoms with Crippen LogP contribution in [-0.2, 0) is 13.2 Å². The van der Waals surface area contributed by atoms with Crippen LogP contribution < -0.4 is 9.47 Å². The van der Waals surface area contributed by atoms with Crippen LogP contribution in [0.3, 0.4) is 0 Å². The number of benzene rings is 2. The molecule has 0 amide bonds. The Morgan fingerprint density at radius 1 is 0.921 bits per heavy atom. The first-order valence-electron chi connectivity index (χ1n) is 12.6. The minimum absolute atomic E-state index is 0. The van der Waals surface area contributed by atoms with E-state index in [0.29, 0.717) is 18.3 Å². The van der Waals surface area contributed by atoms with Gasteiger partial charge in [-0.05, 0) is 48.1 Å². The van der Waals surface area contributed by atoms with E-state index < -0.39 is 5.97 Å². The third-order valence-electron chi connectivity index (χ3n) is 6.16. The monoisotopic (exact) mass is 540 g/mol. The van der Waals surface area contributed by atoms with Gasteiger partial charge in [0.05, 0.1) is 17.5 Å². The first-order valence-corrected chi connectivity index (χ1v) is 13.5. The average molecular weight is 541 g/mol. The molecule has 194 valence electrons. The van der Waals surface area contributed by atoms with Crippen molar-refractivity contribution < 1.29 is 19.4 Å². The van der Waals surface area contributed by atoms with Crippen molar-refractivity contribution in [3.63, 3.8) is 0 Å². The van der Waals surface area contributed by atoms with Gasteiger partial charge in [-0.3, -0.25) is 4.98 Å². The Balaban J connectivity index is 0.00000400. The molecule has 4 aromatic rings. The van der Waals surface area contributed by atoms with Crippen molar-refractivity contribution in [2.75, 3.05) is 0 Å². The van der Waals surface area contributed by atoms with Gasteiger partial charge in [0, 0.05) is 17.1 Å². The molecule has 0 saturated carbocycles. The number of hydrogen-bond acceptors (Lipinski definition) is 6. The second kappa shape index (κ2) is 15.0. The molecule has 0 aliphatic rings. The van der Waals surface area contributed by atoms with Crippen molar-refractivity contribution in [1.82, 2.24) is 9.97 Å². The van der Waals surface area contributed by atoms with Gasteiger partial charge in [0.2, 0.25) is 0 Å². The molecule has 8 heteroatoms. The van der Waals surface area contributed by atoms with Crippen LogP contribution in [0.15, 0.2) is 72.4 Å². The summed E-state index contributed by atoms with van der Waals surface area (Å²) in [5.74, 6) is 0.879. The van der Waals surface area contributed by atoms with Crippen LogP contribution in [0.2, 0.25) is 0 Å². The van der Waals surface area contributed by atoms with E-state index in [9.17, 15) is 4.79 Å². The summed E-state index contributed by atoms with van der Waals surface area (Å²) in [5, 5.41) is 11.9. The van der Waals surface area contributed by atoms with E-state index in [-0.39, 0.29) is 41.7 Å². The van der Waals surface area contributed by atoms with E-state index in [2.05, 4.69) is 60.2 Å². The third kappa shape index (κ3) is 8.40. The first-order chi connectivity index (χ1) is 18.1. The fraction of sp³-hybridized carbons (Fsp3) is 0.300. The number of thiazole rings is 1. The van der Waals surface area contributed by atoms with E-state index in [4.69, 9.17) is 14.6 Å². The molecular weight excluding hydrogens is 507 g/mol. The van der Waals surface area contributed by atoms with Gasteiger partial charge in [-0.25, -0.2) is 9.78 Å². The Labute approximate surface area is 250 Å². The van der Waals surface area contributed by atoms with Gasteiger partial charge < -0.3 is 14.6 Å². The average Bonchev–Trinajstić information content (AvgIpc) is 3.40. The van der Waals surface area contributed by atoms with Crippen molar-refractivity contribution >= 4 is 46.9 Å². The molecule has 0 bridgehead atoms. The molecule has 2 aromatic carbocycles. The number of aromatic nitrogens is 2. The number of carboxylic acids is 1. The molecule has 4 rings (SSSR count). The van der Waals surface area contributed by atoms with Crippen molar-refractivity contribution in [2.45, 2.75) is 58.7 Å². The van der Waals surface area contributed by atoms with Gasteiger partial charge in [-0.15, -0.1) is 11.3 Å². The molecule has 0 atom stereocenters. The second-order valence-corrected chi connectivity index (χ2v) is 9.90. The number of carbonyl (C=O) groups is 1. The first kappa shape index (κ1) is 29.8. The Kier molecular flexibility index (Phi) is 11.8. The predicted octanol–water partition coefficient (Wildman–Crippen LogP) is 7.10. The van der Waals surface area contributed by atoms with Crippen LogP contribution in [0.4, 0.5) is 0 Å². The van der Waals surface area contributed by atoms with Crippen LogP contribution in [0.25, 0.3) is 11.3 Å². The van der Waals surface area contributed by atoms with Crippen molar-refractivity contribution in [2.24, 2.45) is 0 Å². The standard InChI is InChI=1S/C30H32N2O4S.Na.H/c1-3-5-22(6-4-2)23-11-13-26(14-12-23)35-18-21-7-9-24(10-8-21)28-20-37-29(32-28)19-36-27-15-25(30(33)34)16-31-17-27;;/h7-17,20,22H,3-6,18-19H2,1-2H3,(H,33,34);;. The molecule has 0 saturated heterocycles. The van der Waals surface area contributed by atoms with Crippen LogP contribution in [0.1, 0.15) is 71.9 Å². The van der Waals surface area contributed by atoms with Gasteiger partial charge in [0.25, 0.3) is 0 Å². The van der Waals surface area contributed by atoms with Crippen molar-refractivity contribution in [3.8, 4) is 22.8 Å².